The SMILES string of the molecule is COC(=O)[C@@H]1[C@H](C)N1C(=O)OCC1c2ccccc2-c2ccccc21. The second kappa shape index (κ2) is 5.92. The Kier molecular flexibility index (Phi) is 3.71. The lowest BCUT2D eigenvalue weighted by molar-refractivity contribution is -0.140. The molecular formula is C20H19NO4. The lowest BCUT2D eigenvalue weighted by Gasteiger charge is -2.14. The maximum atomic E-state index is 12.3. The highest BCUT2D eigenvalue weighted by Gasteiger charge is 2.54. The Labute approximate surface area is 146 Å². The fourth-order valence-electron chi connectivity index (χ4n) is 3.73. The Hall–Kier alpha value is -2.82. The molecule has 1 saturated heterocycles. The maximum Gasteiger partial charge on any atom is 0.410 e. The molecule has 0 spiro atoms. The molecule has 2 aliphatic rings. The number of hydrogen-bond donors (Lipinski definition) is 0. The molecule has 128 valence electrons. The van der Waals surface area contributed by atoms with E-state index in [2.05, 4.69) is 24.3 Å². The van der Waals surface area contributed by atoms with Gasteiger partial charge in [0.2, 0.25) is 0 Å². The third-order valence-electron chi connectivity index (χ3n) is 5.10. The molecule has 25 heavy (non-hydrogen) atoms. The number of benzene rings is 2. The third-order valence-corrected chi connectivity index (χ3v) is 5.10. The van der Waals surface area contributed by atoms with Crippen LogP contribution in [0, 0.1) is 0 Å². The van der Waals surface area contributed by atoms with Crippen molar-refractivity contribution in [3.05, 3.63) is 59.7 Å². The molecule has 1 aliphatic heterocycles. The lowest BCUT2D eigenvalue weighted by Crippen LogP contribution is -2.22. The Morgan fingerprint density at radius 3 is 2.12 bits per heavy atom. The van der Waals surface area contributed by atoms with Gasteiger partial charge in [0.05, 0.1) is 13.2 Å². The molecule has 2 aromatic rings. The summed E-state index contributed by atoms with van der Waals surface area (Å²) in [7, 11) is 1.32. The average molecular weight is 337 g/mol. The second-order valence-corrected chi connectivity index (χ2v) is 6.42. The van der Waals surface area contributed by atoms with E-state index in [9.17, 15) is 9.59 Å². The van der Waals surface area contributed by atoms with Crippen molar-refractivity contribution in [2.45, 2.75) is 24.9 Å². The molecule has 4 rings (SSSR count). The molecule has 5 nitrogen and oxygen atoms in total. The highest BCUT2D eigenvalue weighted by Crippen LogP contribution is 2.44. The zero-order valence-electron chi connectivity index (χ0n) is 14.1. The average Bonchev–Trinajstić information content (AvgIpc) is 3.22. The first-order valence-corrected chi connectivity index (χ1v) is 8.34. The van der Waals surface area contributed by atoms with Crippen LogP contribution in [-0.2, 0) is 14.3 Å². The Morgan fingerprint density at radius 2 is 1.56 bits per heavy atom. The first-order valence-electron chi connectivity index (χ1n) is 8.34. The van der Waals surface area contributed by atoms with E-state index in [1.54, 1.807) is 0 Å². The van der Waals surface area contributed by atoms with E-state index in [0.717, 1.165) is 0 Å². The Balaban J connectivity index is 1.51. The van der Waals surface area contributed by atoms with Crippen molar-refractivity contribution in [1.29, 1.82) is 0 Å². The number of esters is 1. The zero-order valence-corrected chi connectivity index (χ0v) is 14.1. The van der Waals surface area contributed by atoms with Gasteiger partial charge in [-0.3, -0.25) is 4.90 Å². The minimum absolute atomic E-state index is 0.0168. The number of amides is 1. The number of nitrogens with zero attached hydrogens (tertiary/aromatic N) is 1. The summed E-state index contributed by atoms with van der Waals surface area (Å²) < 4.78 is 10.2. The van der Waals surface area contributed by atoms with Crippen LogP contribution in [0.2, 0.25) is 0 Å². The summed E-state index contributed by atoms with van der Waals surface area (Å²) in [6, 6.07) is 15.7. The smallest absolute Gasteiger partial charge is 0.410 e. The monoisotopic (exact) mass is 337 g/mol. The molecule has 1 fully saturated rings. The topological polar surface area (TPSA) is 55.6 Å². The number of methoxy groups -OCH3 is 1. The van der Waals surface area contributed by atoms with Gasteiger partial charge >= 0.3 is 12.1 Å². The molecule has 0 bridgehead atoms. The quantitative estimate of drug-likeness (QED) is 0.638. The van der Waals surface area contributed by atoms with Crippen molar-refractivity contribution in [1.82, 2.24) is 4.90 Å². The summed E-state index contributed by atoms with van der Waals surface area (Å²) in [5.41, 5.74) is 4.71. The Morgan fingerprint density at radius 1 is 1.00 bits per heavy atom. The molecule has 0 unspecified atom stereocenters. The predicted molar refractivity (Wildman–Crippen MR) is 92.2 cm³/mol. The van der Waals surface area contributed by atoms with Crippen molar-refractivity contribution in [3.8, 4) is 11.1 Å². The highest BCUT2D eigenvalue weighted by atomic mass is 16.6. The standard InChI is InChI=1S/C20H19NO4/c1-12-18(19(22)24-2)21(12)20(23)25-11-17-15-9-5-3-7-13(15)14-8-4-6-10-16(14)17/h3-10,12,17-18H,11H2,1-2H3/t12-,18-,21?/m0/s1. The second-order valence-electron chi connectivity index (χ2n) is 6.42. The van der Waals surface area contributed by atoms with Crippen LogP contribution in [0.1, 0.15) is 24.0 Å². The van der Waals surface area contributed by atoms with Crippen LogP contribution in [0.3, 0.4) is 0 Å². The van der Waals surface area contributed by atoms with Gasteiger partial charge in [0.25, 0.3) is 0 Å². The first kappa shape index (κ1) is 15.7. The molecule has 2 aromatic carbocycles. The fraction of sp³-hybridized carbons (Fsp3) is 0.300. The number of fused-ring (bicyclic) bond motifs is 3. The van der Waals surface area contributed by atoms with Crippen LogP contribution < -0.4 is 0 Å². The van der Waals surface area contributed by atoms with Crippen LogP contribution in [0.4, 0.5) is 4.79 Å². The van der Waals surface area contributed by atoms with Crippen LogP contribution in [0.15, 0.2) is 48.5 Å². The normalized spacial score (nSPS) is 20.6. The van der Waals surface area contributed by atoms with E-state index in [0.29, 0.717) is 0 Å². The number of ether oxygens (including phenoxy) is 2. The summed E-state index contributed by atoms with van der Waals surface area (Å²) in [5, 5.41) is 0. The van der Waals surface area contributed by atoms with E-state index < -0.39 is 18.1 Å². The molecule has 1 amide bonds. The fourth-order valence-corrected chi connectivity index (χ4v) is 3.73. The van der Waals surface area contributed by atoms with Gasteiger partial charge in [-0.1, -0.05) is 48.5 Å². The van der Waals surface area contributed by atoms with E-state index in [1.807, 2.05) is 31.2 Å². The van der Waals surface area contributed by atoms with Crippen LogP contribution in [0.5, 0.6) is 0 Å². The number of rotatable bonds is 3. The summed E-state index contributed by atoms with van der Waals surface area (Å²) in [5.74, 6) is -0.385. The molecule has 2 atom stereocenters. The molecular weight excluding hydrogens is 318 g/mol. The highest BCUT2D eigenvalue weighted by molar-refractivity contribution is 5.88. The minimum atomic E-state index is -0.527. The number of carbonyl (C=O) groups excluding carboxylic acids is 2. The van der Waals surface area contributed by atoms with Crippen LogP contribution in [-0.4, -0.2) is 42.8 Å². The van der Waals surface area contributed by atoms with Gasteiger partial charge in [0.1, 0.15) is 6.61 Å². The number of carbonyl (C=O) groups is 2. The van der Waals surface area contributed by atoms with Crippen LogP contribution >= 0.6 is 0 Å². The van der Waals surface area contributed by atoms with Gasteiger partial charge in [-0.2, -0.15) is 0 Å². The van der Waals surface area contributed by atoms with Crippen molar-refractivity contribution in [2.75, 3.05) is 13.7 Å². The largest absolute Gasteiger partial charge is 0.467 e. The van der Waals surface area contributed by atoms with Gasteiger partial charge < -0.3 is 9.47 Å². The van der Waals surface area contributed by atoms with Crippen molar-refractivity contribution >= 4 is 12.1 Å². The number of hydrogen-bond acceptors (Lipinski definition) is 4. The van der Waals surface area contributed by atoms with Gasteiger partial charge in [-0.25, -0.2) is 9.59 Å². The van der Waals surface area contributed by atoms with Gasteiger partial charge in [-0.05, 0) is 29.2 Å². The van der Waals surface area contributed by atoms with Crippen molar-refractivity contribution in [3.63, 3.8) is 0 Å². The van der Waals surface area contributed by atoms with E-state index in [1.165, 1.54) is 34.3 Å². The molecule has 1 aliphatic carbocycles. The van der Waals surface area contributed by atoms with E-state index in [4.69, 9.17) is 9.47 Å². The lowest BCUT2D eigenvalue weighted by atomic mass is 9.98. The summed E-state index contributed by atoms with van der Waals surface area (Å²) in [6.07, 6.45) is -0.468. The molecule has 0 N–H and O–H groups in total. The predicted octanol–water partition coefficient (Wildman–Crippen LogP) is 3.18. The summed E-state index contributed by atoms with van der Waals surface area (Å²) in [4.78, 5) is 25.4. The van der Waals surface area contributed by atoms with E-state index in [-0.39, 0.29) is 18.6 Å². The van der Waals surface area contributed by atoms with Crippen molar-refractivity contribution < 1.29 is 19.1 Å². The molecule has 0 saturated carbocycles. The maximum absolute atomic E-state index is 12.3. The third kappa shape index (κ3) is 2.47. The first-order chi connectivity index (χ1) is 12.1. The zero-order chi connectivity index (χ0) is 17.6. The van der Waals surface area contributed by atoms with E-state index >= 15 is 0 Å². The van der Waals surface area contributed by atoms with Crippen molar-refractivity contribution in [2.24, 2.45) is 0 Å². The van der Waals surface area contributed by atoms with Gasteiger partial charge in [-0.15, -0.1) is 0 Å². The molecule has 0 radical (unpaired) electrons. The minimum Gasteiger partial charge on any atom is -0.467 e. The summed E-state index contributed by atoms with van der Waals surface area (Å²) >= 11 is 0. The molecule has 5 heteroatoms. The molecule has 0 aromatic heterocycles. The molecule has 1 heterocycles. The Bertz CT molecular complexity index is 802. The summed E-state index contributed by atoms with van der Waals surface area (Å²) in [6.45, 7) is 2.06. The van der Waals surface area contributed by atoms with Gasteiger partial charge in [0, 0.05) is 5.92 Å². The van der Waals surface area contributed by atoms with Crippen LogP contribution in [0.25, 0.3) is 11.1 Å². The van der Waals surface area contributed by atoms with Gasteiger partial charge in [0.15, 0.2) is 6.04 Å².